The average Bonchev–Trinajstić information content (AvgIpc) is 2.78. The molecule has 30 heavy (non-hydrogen) atoms. The van der Waals surface area contributed by atoms with Gasteiger partial charge in [-0.2, -0.15) is 39.5 Å². The van der Waals surface area contributed by atoms with Crippen molar-refractivity contribution in [1.82, 2.24) is 4.90 Å². The summed E-state index contributed by atoms with van der Waals surface area (Å²) in [5.74, 6) is -27.9. The minimum atomic E-state index is -6.65. The predicted molar refractivity (Wildman–Crippen MR) is 85.3 cm³/mol. The molecule has 3 nitrogen and oxygen atoms in total. The van der Waals surface area contributed by atoms with E-state index in [-0.39, 0.29) is 25.7 Å². The van der Waals surface area contributed by atoms with Crippen molar-refractivity contribution in [3.63, 3.8) is 0 Å². The molecule has 0 aromatic heterocycles. The van der Waals surface area contributed by atoms with E-state index in [4.69, 9.17) is 0 Å². The van der Waals surface area contributed by atoms with Gasteiger partial charge >= 0.3 is 29.7 Å². The van der Waals surface area contributed by atoms with E-state index < -0.39 is 47.7 Å². The van der Waals surface area contributed by atoms with Gasteiger partial charge in [0.25, 0.3) is 5.91 Å². The number of halogens is 9. The lowest BCUT2D eigenvalue weighted by atomic mass is 9.87. The summed E-state index contributed by atoms with van der Waals surface area (Å²) < 4.78 is 128. The molecule has 0 bridgehead atoms. The third-order valence-corrected chi connectivity index (χ3v) is 6.28. The highest BCUT2D eigenvalue weighted by atomic mass is 19.4. The Morgan fingerprint density at radius 2 is 1.13 bits per heavy atom. The van der Waals surface area contributed by atoms with E-state index in [1.54, 1.807) is 0 Å². The molecular formula is C18H22F9NO2. The van der Waals surface area contributed by atoms with Gasteiger partial charge in [-0.15, -0.1) is 0 Å². The van der Waals surface area contributed by atoms with Crippen molar-refractivity contribution < 1.29 is 49.0 Å². The molecule has 0 unspecified atom stereocenters. The number of carbonyl (C=O) groups excluding carboxylic acids is 1. The summed E-state index contributed by atoms with van der Waals surface area (Å²) in [6.45, 7) is 0. The molecule has 1 amide bonds. The molecule has 3 aliphatic rings. The van der Waals surface area contributed by atoms with E-state index in [0.717, 1.165) is 12.8 Å². The van der Waals surface area contributed by atoms with Crippen molar-refractivity contribution in [2.24, 2.45) is 0 Å². The van der Waals surface area contributed by atoms with Gasteiger partial charge in [-0.1, -0.05) is 38.5 Å². The highest BCUT2D eigenvalue weighted by molar-refractivity contribution is 5.86. The molecule has 12 heteroatoms. The predicted octanol–water partition coefficient (Wildman–Crippen LogP) is 5.68. The number of ether oxygens (including phenoxy) is 1. The molecule has 174 valence electrons. The minimum Gasteiger partial charge on any atom is -0.331 e. The largest absolute Gasteiger partial charge is 0.428 e. The summed E-state index contributed by atoms with van der Waals surface area (Å²) in [6, 6.07) is -1.69. The molecule has 0 aromatic rings. The Labute approximate surface area is 166 Å². The van der Waals surface area contributed by atoms with Crippen LogP contribution in [0.2, 0.25) is 0 Å². The zero-order chi connectivity index (χ0) is 22.6. The first-order valence-electron chi connectivity index (χ1n) is 9.94. The minimum absolute atomic E-state index is 0.237. The normalized spacial score (nSPS) is 32.2. The Bertz CT molecular complexity index is 642. The van der Waals surface area contributed by atoms with Crippen LogP contribution in [-0.2, 0) is 9.53 Å². The van der Waals surface area contributed by atoms with Gasteiger partial charge in [0.2, 0.25) is 0 Å². The Kier molecular flexibility index (Phi) is 5.82. The monoisotopic (exact) mass is 455 g/mol. The highest BCUT2D eigenvalue weighted by Crippen LogP contribution is 2.64. The number of hydrogen-bond donors (Lipinski definition) is 0. The molecule has 1 aliphatic heterocycles. The summed E-state index contributed by atoms with van der Waals surface area (Å²) in [6.07, 6.45) is -1.64. The first kappa shape index (κ1) is 23.5. The van der Waals surface area contributed by atoms with Crippen LogP contribution < -0.4 is 0 Å². The number of amides is 1. The fourth-order valence-electron chi connectivity index (χ4n) is 4.60. The lowest BCUT2D eigenvalue weighted by molar-refractivity contribution is -0.368. The van der Waals surface area contributed by atoms with Crippen LogP contribution in [-0.4, -0.2) is 52.6 Å². The van der Waals surface area contributed by atoms with Crippen molar-refractivity contribution >= 4 is 5.91 Å². The lowest BCUT2D eigenvalue weighted by Crippen LogP contribution is -2.67. The zero-order valence-corrected chi connectivity index (χ0v) is 15.9. The quantitative estimate of drug-likeness (QED) is 0.511. The van der Waals surface area contributed by atoms with Gasteiger partial charge in [0.15, 0.2) is 0 Å². The van der Waals surface area contributed by atoms with Crippen LogP contribution >= 0.6 is 0 Å². The van der Waals surface area contributed by atoms with Gasteiger partial charge in [0.1, 0.15) is 0 Å². The van der Waals surface area contributed by atoms with Crippen molar-refractivity contribution in [3.05, 3.63) is 0 Å². The molecule has 0 spiro atoms. The Morgan fingerprint density at radius 1 is 0.733 bits per heavy atom. The van der Waals surface area contributed by atoms with E-state index in [1.807, 2.05) is 0 Å². The zero-order valence-electron chi connectivity index (χ0n) is 15.9. The van der Waals surface area contributed by atoms with Crippen LogP contribution in [0.5, 0.6) is 0 Å². The van der Waals surface area contributed by atoms with Gasteiger partial charge in [0.05, 0.1) is 0 Å². The third-order valence-electron chi connectivity index (χ3n) is 6.28. The van der Waals surface area contributed by atoms with E-state index in [9.17, 15) is 44.3 Å². The van der Waals surface area contributed by atoms with Gasteiger partial charge in [-0.05, 0) is 25.7 Å². The molecule has 3 fully saturated rings. The molecule has 3 rings (SSSR count). The first-order chi connectivity index (χ1) is 13.7. The summed E-state index contributed by atoms with van der Waals surface area (Å²) in [4.78, 5) is 13.3. The third kappa shape index (κ3) is 3.19. The first-order valence-corrected chi connectivity index (χ1v) is 9.94. The van der Waals surface area contributed by atoms with Crippen molar-refractivity contribution in [2.45, 2.75) is 106 Å². The molecule has 1 heterocycles. The molecule has 0 aromatic carbocycles. The van der Waals surface area contributed by atoms with E-state index in [1.165, 1.54) is 0 Å². The molecule has 0 radical (unpaired) electrons. The van der Waals surface area contributed by atoms with Crippen molar-refractivity contribution in [1.29, 1.82) is 0 Å². The highest BCUT2D eigenvalue weighted by Gasteiger charge is 2.96. The summed E-state index contributed by atoms with van der Waals surface area (Å²) in [5, 5.41) is 0. The van der Waals surface area contributed by atoms with Crippen molar-refractivity contribution in [2.75, 3.05) is 0 Å². The van der Waals surface area contributed by atoms with Crippen LogP contribution in [0.1, 0.15) is 64.2 Å². The van der Waals surface area contributed by atoms with Crippen LogP contribution in [0.15, 0.2) is 0 Å². The Morgan fingerprint density at radius 3 is 1.47 bits per heavy atom. The summed E-state index contributed by atoms with van der Waals surface area (Å²) in [7, 11) is 0. The second-order valence-electron chi connectivity index (χ2n) is 8.23. The average molecular weight is 455 g/mol. The number of alkyl halides is 9. The van der Waals surface area contributed by atoms with Crippen LogP contribution in [0.25, 0.3) is 0 Å². The van der Waals surface area contributed by atoms with E-state index >= 15 is 0 Å². The van der Waals surface area contributed by atoms with Crippen LogP contribution in [0.3, 0.4) is 0 Å². The SMILES string of the molecule is O=C(N(C1CCCCC1)C1CCCCC1)C(F)(F)[C@@]1(F)OC(F)(F)C(F)(F)C1(F)F. The summed E-state index contributed by atoms with van der Waals surface area (Å²) >= 11 is 0. The van der Waals surface area contributed by atoms with Crippen LogP contribution in [0, 0.1) is 0 Å². The van der Waals surface area contributed by atoms with Gasteiger partial charge in [0, 0.05) is 12.1 Å². The molecule has 0 N–H and O–H groups in total. The maximum atomic E-state index is 14.8. The number of rotatable bonds is 4. The Balaban J connectivity index is 2.00. The molecule has 2 saturated carbocycles. The number of hydrogen-bond acceptors (Lipinski definition) is 2. The second-order valence-corrected chi connectivity index (χ2v) is 8.23. The van der Waals surface area contributed by atoms with Crippen LogP contribution in [0.4, 0.5) is 39.5 Å². The molecule has 1 atom stereocenters. The smallest absolute Gasteiger partial charge is 0.331 e. The fraction of sp³-hybridized carbons (Fsp3) is 0.944. The van der Waals surface area contributed by atoms with Gasteiger partial charge in [-0.25, -0.2) is 0 Å². The topological polar surface area (TPSA) is 29.5 Å². The van der Waals surface area contributed by atoms with Crippen molar-refractivity contribution in [3.8, 4) is 0 Å². The van der Waals surface area contributed by atoms with Gasteiger partial charge < -0.3 is 4.90 Å². The Hall–Kier alpha value is -1.20. The molecular weight excluding hydrogens is 433 g/mol. The summed E-state index contributed by atoms with van der Waals surface area (Å²) in [5.41, 5.74) is 0. The maximum Gasteiger partial charge on any atom is 0.428 e. The number of carbonyl (C=O) groups is 1. The maximum absolute atomic E-state index is 14.8. The fourth-order valence-corrected chi connectivity index (χ4v) is 4.60. The second kappa shape index (κ2) is 7.44. The van der Waals surface area contributed by atoms with Gasteiger partial charge in [-0.3, -0.25) is 9.53 Å². The number of nitrogens with zero attached hydrogens (tertiary/aromatic N) is 1. The van der Waals surface area contributed by atoms with E-state index in [2.05, 4.69) is 4.74 Å². The molecule has 2 aliphatic carbocycles. The van der Waals surface area contributed by atoms with E-state index in [0.29, 0.717) is 30.6 Å². The molecule has 1 saturated heterocycles. The lowest BCUT2D eigenvalue weighted by Gasteiger charge is -2.44. The standard InChI is InChI=1S/C18H22F9NO2/c19-14(20,17(25)15(21,22)16(23,24)18(26,27)30-17)13(29)28(11-7-3-1-4-8-11)12-9-5-2-6-10-12/h11-12H,1-10H2/t17-/m1/s1.